The van der Waals surface area contributed by atoms with Gasteiger partial charge in [0.1, 0.15) is 12.6 Å². The van der Waals surface area contributed by atoms with Gasteiger partial charge in [0.25, 0.3) is 0 Å². The van der Waals surface area contributed by atoms with Crippen molar-refractivity contribution >= 4 is 29.3 Å². The van der Waals surface area contributed by atoms with Gasteiger partial charge in [-0.25, -0.2) is 9.59 Å². The maximum absolute atomic E-state index is 12.6. The Hall–Kier alpha value is -2.57. The molecular formula is C14H15N3O4. The van der Waals surface area contributed by atoms with Crippen LogP contribution in [0.2, 0.25) is 0 Å². The Morgan fingerprint density at radius 3 is 2.81 bits per heavy atom. The number of likely N-dealkylation sites (tertiary alicyclic amines) is 1. The predicted octanol–water partition coefficient (Wildman–Crippen LogP) is 1.11. The third-order valence-electron chi connectivity index (χ3n) is 3.79. The number of urea groups is 1. The molecule has 7 nitrogen and oxygen atoms in total. The first kappa shape index (κ1) is 13.4. The molecule has 3 rings (SSSR count). The summed E-state index contributed by atoms with van der Waals surface area (Å²) in [5.41, 5.74) is 1.16. The highest BCUT2D eigenvalue weighted by molar-refractivity contribution is 6.09. The normalized spacial score (nSPS) is 21.0. The van der Waals surface area contributed by atoms with E-state index in [0.717, 1.165) is 0 Å². The molecular weight excluding hydrogens is 274 g/mol. The Labute approximate surface area is 121 Å². The molecule has 0 unspecified atom stereocenters. The van der Waals surface area contributed by atoms with Crippen molar-refractivity contribution in [3.05, 3.63) is 24.3 Å². The lowest BCUT2D eigenvalue weighted by Crippen LogP contribution is -2.51. The fraction of sp³-hybridized carbons (Fsp3) is 0.357. The summed E-state index contributed by atoms with van der Waals surface area (Å²) in [4.78, 5) is 38.3. The van der Waals surface area contributed by atoms with E-state index in [4.69, 9.17) is 0 Å². The van der Waals surface area contributed by atoms with Crippen molar-refractivity contribution in [2.75, 3.05) is 23.3 Å². The monoisotopic (exact) mass is 289 g/mol. The summed E-state index contributed by atoms with van der Waals surface area (Å²) >= 11 is 0. The lowest BCUT2D eigenvalue weighted by atomic mass is 10.2. The van der Waals surface area contributed by atoms with Crippen LogP contribution in [0, 0.1) is 0 Å². The van der Waals surface area contributed by atoms with Crippen molar-refractivity contribution in [3.63, 3.8) is 0 Å². The van der Waals surface area contributed by atoms with E-state index >= 15 is 0 Å². The minimum absolute atomic E-state index is 0.0985. The number of carboxylic acids is 1. The third-order valence-corrected chi connectivity index (χ3v) is 3.79. The van der Waals surface area contributed by atoms with Crippen molar-refractivity contribution in [2.24, 2.45) is 0 Å². The van der Waals surface area contributed by atoms with E-state index < -0.39 is 18.0 Å². The number of hydrogen-bond acceptors (Lipinski definition) is 3. The summed E-state index contributed by atoms with van der Waals surface area (Å²) in [6.45, 7) is 0.300. The van der Waals surface area contributed by atoms with Crippen LogP contribution in [-0.4, -0.2) is 47.0 Å². The van der Waals surface area contributed by atoms with Crippen molar-refractivity contribution in [3.8, 4) is 0 Å². The zero-order valence-corrected chi connectivity index (χ0v) is 11.3. The van der Waals surface area contributed by atoms with E-state index in [0.29, 0.717) is 30.8 Å². The summed E-state index contributed by atoms with van der Waals surface area (Å²) in [7, 11) is 0. The van der Waals surface area contributed by atoms with Gasteiger partial charge in [-0.15, -0.1) is 0 Å². The maximum Gasteiger partial charge on any atom is 0.326 e. The Morgan fingerprint density at radius 1 is 1.29 bits per heavy atom. The van der Waals surface area contributed by atoms with Gasteiger partial charge in [-0.1, -0.05) is 12.1 Å². The minimum atomic E-state index is -1.00. The van der Waals surface area contributed by atoms with Crippen LogP contribution < -0.4 is 10.2 Å². The topological polar surface area (TPSA) is 90.0 Å². The van der Waals surface area contributed by atoms with Crippen LogP contribution in [0.15, 0.2) is 24.3 Å². The predicted molar refractivity (Wildman–Crippen MR) is 75.2 cm³/mol. The minimum Gasteiger partial charge on any atom is -0.480 e. The number of nitrogens with zero attached hydrogens (tertiary/aromatic N) is 2. The molecule has 1 atom stereocenters. The number of anilines is 2. The Morgan fingerprint density at radius 2 is 2.05 bits per heavy atom. The number of aliphatic carboxylic acids is 1. The fourth-order valence-electron chi connectivity index (χ4n) is 2.81. The van der Waals surface area contributed by atoms with Gasteiger partial charge in [-0.05, 0) is 25.0 Å². The molecule has 2 heterocycles. The van der Waals surface area contributed by atoms with Crippen LogP contribution in [0.5, 0.6) is 0 Å². The second kappa shape index (κ2) is 5.08. The summed E-state index contributed by atoms with van der Waals surface area (Å²) in [5, 5.41) is 11.9. The molecule has 3 amide bonds. The highest BCUT2D eigenvalue weighted by atomic mass is 16.4. The number of carbonyl (C=O) groups is 3. The quantitative estimate of drug-likeness (QED) is 0.810. The summed E-state index contributed by atoms with van der Waals surface area (Å²) in [6.07, 6.45) is 1.10. The molecule has 0 radical (unpaired) electrons. The van der Waals surface area contributed by atoms with Crippen molar-refractivity contribution in [1.29, 1.82) is 0 Å². The molecule has 1 aromatic carbocycles. The molecule has 2 aliphatic heterocycles. The number of benzene rings is 1. The van der Waals surface area contributed by atoms with E-state index in [1.54, 1.807) is 24.3 Å². The van der Waals surface area contributed by atoms with Gasteiger partial charge < -0.3 is 15.3 Å². The van der Waals surface area contributed by atoms with E-state index in [1.165, 1.54) is 9.80 Å². The number of carboxylic acid groups (broad SMARTS) is 1. The zero-order valence-electron chi connectivity index (χ0n) is 11.3. The lowest BCUT2D eigenvalue weighted by Gasteiger charge is -2.33. The number of hydrogen-bond donors (Lipinski definition) is 2. The molecule has 0 bridgehead atoms. The van der Waals surface area contributed by atoms with Crippen LogP contribution in [-0.2, 0) is 9.59 Å². The van der Waals surface area contributed by atoms with Gasteiger partial charge in [0, 0.05) is 6.54 Å². The highest BCUT2D eigenvalue weighted by Crippen LogP contribution is 2.31. The molecule has 0 aliphatic carbocycles. The Bertz CT molecular complexity index is 616. The smallest absolute Gasteiger partial charge is 0.326 e. The van der Waals surface area contributed by atoms with Gasteiger partial charge in [0.15, 0.2) is 0 Å². The third kappa shape index (κ3) is 2.31. The largest absolute Gasteiger partial charge is 0.480 e. The summed E-state index contributed by atoms with van der Waals surface area (Å²) in [5.74, 6) is -1.29. The van der Waals surface area contributed by atoms with Gasteiger partial charge in [-0.2, -0.15) is 0 Å². The van der Waals surface area contributed by atoms with Gasteiger partial charge in [-0.3, -0.25) is 9.69 Å². The first-order valence-corrected chi connectivity index (χ1v) is 6.78. The van der Waals surface area contributed by atoms with E-state index in [1.807, 2.05) is 0 Å². The summed E-state index contributed by atoms with van der Waals surface area (Å²) < 4.78 is 0. The first-order valence-electron chi connectivity index (χ1n) is 6.78. The van der Waals surface area contributed by atoms with Gasteiger partial charge in [0.2, 0.25) is 5.91 Å². The SMILES string of the molecule is O=C1CN(C(=O)N2CCC[C@@H]2C(=O)O)c2ccccc2N1. The number of carbonyl (C=O) groups excluding carboxylic acids is 2. The highest BCUT2D eigenvalue weighted by Gasteiger charge is 2.38. The fourth-order valence-corrected chi connectivity index (χ4v) is 2.81. The number of para-hydroxylation sites is 2. The molecule has 21 heavy (non-hydrogen) atoms. The molecule has 2 N–H and O–H groups in total. The standard InChI is InChI=1S/C14H15N3O4/c18-12-8-17(10-5-2-1-4-9(10)15-12)14(21)16-7-3-6-11(16)13(19)20/h1-2,4-5,11H,3,6-8H2,(H,15,18)(H,19,20)/t11-/m1/s1. The van der Waals surface area contributed by atoms with Crippen molar-refractivity contribution < 1.29 is 19.5 Å². The molecule has 1 saturated heterocycles. The number of amides is 3. The Kier molecular flexibility index (Phi) is 3.25. The van der Waals surface area contributed by atoms with E-state index in [9.17, 15) is 19.5 Å². The van der Waals surface area contributed by atoms with Crippen LogP contribution in [0.4, 0.5) is 16.2 Å². The molecule has 2 aliphatic rings. The van der Waals surface area contributed by atoms with Crippen LogP contribution in [0.1, 0.15) is 12.8 Å². The van der Waals surface area contributed by atoms with Gasteiger partial charge >= 0.3 is 12.0 Å². The van der Waals surface area contributed by atoms with Crippen LogP contribution >= 0.6 is 0 Å². The number of fused-ring (bicyclic) bond motifs is 1. The molecule has 1 fully saturated rings. The van der Waals surface area contributed by atoms with E-state index in [-0.39, 0.29) is 12.5 Å². The average molecular weight is 289 g/mol. The molecule has 110 valence electrons. The van der Waals surface area contributed by atoms with Crippen molar-refractivity contribution in [2.45, 2.75) is 18.9 Å². The Balaban J connectivity index is 1.91. The average Bonchev–Trinajstić information content (AvgIpc) is 2.95. The second-order valence-electron chi connectivity index (χ2n) is 5.12. The molecule has 0 spiro atoms. The summed E-state index contributed by atoms with van der Waals surface area (Å²) in [6, 6.07) is 5.75. The first-order chi connectivity index (χ1) is 10.1. The lowest BCUT2D eigenvalue weighted by molar-refractivity contribution is -0.141. The van der Waals surface area contributed by atoms with Gasteiger partial charge in [0.05, 0.1) is 11.4 Å². The number of nitrogens with one attached hydrogen (secondary N) is 1. The molecule has 0 aromatic heterocycles. The molecule has 7 heteroatoms. The number of rotatable bonds is 1. The van der Waals surface area contributed by atoms with Crippen LogP contribution in [0.3, 0.4) is 0 Å². The molecule has 0 saturated carbocycles. The molecule has 1 aromatic rings. The zero-order chi connectivity index (χ0) is 15.0. The van der Waals surface area contributed by atoms with Crippen LogP contribution in [0.25, 0.3) is 0 Å². The second-order valence-corrected chi connectivity index (χ2v) is 5.12. The van der Waals surface area contributed by atoms with Crippen molar-refractivity contribution in [1.82, 2.24) is 4.90 Å². The maximum atomic E-state index is 12.6. The van der Waals surface area contributed by atoms with E-state index in [2.05, 4.69) is 5.32 Å².